The SMILES string of the molecule is CCCOCC(=O)NCc1ccc(C#CCO)s1. The van der Waals surface area contributed by atoms with E-state index in [0.29, 0.717) is 13.2 Å². The lowest BCUT2D eigenvalue weighted by atomic mass is 10.4. The van der Waals surface area contributed by atoms with E-state index in [0.717, 1.165) is 16.2 Å². The molecule has 0 saturated heterocycles. The molecule has 0 unspecified atom stereocenters. The lowest BCUT2D eigenvalue weighted by molar-refractivity contribution is -0.125. The predicted molar refractivity (Wildman–Crippen MR) is 71.2 cm³/mol. The molecule has 98 valence electrons. The molecule has 5 heteroatoms. The standard InChI is InChI=1S/C13H17NO3S/c1-2-8-17-10-13(16)14-9-12-6-5-11(18-12)4-3-7-15/h5-6,15H,2,7-10H2,1H3,(H,14,16). The highest BCUT2D eigenvalue weighted by atomic mass is 32.1. The van der Waals surface area contributed by atoms with Crippen molar-refractivity contribution in [3.63, 3.8) is 0 Å². The molecule has 2 N–H and O–H groups in total. The average Bonchev–Trinajstić information content (AvgIpc) is 2.82. The molecule has 0 fully saturated rings. The molecule has 1 aromatic rings. The van der Waals surface area contributed by atoms with Gasteiger partial charge in [-0.15, -0.1) is 11.3 Å². The zero-order valence-electron chi connectivity index (χ0n) is 10.4. The monoisotopic (exact) mass is 267 g/mol. The Bertz CT molecular complexity index is 431. The van der Waals surface area contributed by atoms with E-state index in [4.69, 9.17) is 9.84 Å². The number of aliphatic hydroxyl groups is 1. The molecule has 0 bridgehead atoms. The summed E-state index contributed by atoms with van der Waals surface area (Å²) in [5.74, 6) is 5.30. The fraction of sp³-hybridized carbons (Fsp3) is 0.462. The van der Waals surface area contributed by atoms with Crippen molar-refractivity contribution in [1.82, 2.24) is 5.32 Å². The van der Waals surface area contributed by atoms with Gasteiger partial charge in [0.15, 0.2) is 0 Å². The molecule has 1 rings (SSSR count). The van der Waals surface area contributed by atoms with Crippen LogP contribution in [0.5, 0.6) is 0 Å². The third-order valence-electron chi connectivity index (χ3n) is 1.99. The largest absolute Gasteiger partial charge is 0.384 e. The highest BCUT2D eigenvalue weighted by Gasteiger charge is 2.02. The van der Waals surface area contributed by atoms with Crippen LogP contribution < -0.4 is 5.32 Å². The summed E-state index contributed by atoms with van der Waals surface area (Å²) in [6.45, 7) is 3.06. The van der Waals surface area contributed by atoms with Crippen LogP contribution in [-0.4, -0.2) is 30.8 Å². The van der Waals surface area contributed by atoms with Gasteiger partial charge in [-0.3, -0.25) is 4.79 Å². The van der Waals surface area contributed by atoms with Gasteiger partial charge in [0.25, 0.3) is 0 Å². The summed E-state index contributed by atoms with van der Waals surface area (Å²) in [4.78, 5) is 13.3. The van der Waals surface area contributed by atoms with Gasteiger partial charge in [0, 0.05) is 11.5 Å². The molecule has 1 heterocycles. The van der Waals surface area contributed by atoms with Crippen molar-refractivity contribution < 1.29 is 14.6 Å². The number of amides is 1. The van der Waals surface area contributed by atoms with Crippen molar-refractivity contribution in [2.45, 2.75) is 19.9 Å². The quantitative estimate of drug-likeness (QED) is 0.600. The highest BCUT2D eigenvalue weighted by molar-refractivity contribution is 7.12. The van der Waals surface area contributed by atoms with E-state index in [9.17, 15) is 4.79 Å². The van der Waals surface area contributed by atoms with Gasteiger partial charge in [-0.05, 0) is 18.6 Å². The van der Waals surface area contributed by atoms with Gasteiger partial charge in [0.05, 0.1) is 11.4 Å². The fourth-order valence-corrected chi connectivity index (χ4v) is 2.03. The Morgan fingerprint density at radius 2 is 2.39 bits per heavy atom. The maximum Gasteiger partial charge on any atom is 0.246 e. The summed E-state index contributed by atoms with van der Waals surface area (Å²) < 4.78 is 5.13. The molecule has 1 aromatic heterocycles. The second kappa shape index (κ2) is 8.70. The Labute approximate surface area is 111 Å². The molecule has 0 aliphatic heterocycles. The zero-order chi connectivity index (χ0) is 13.2. The number of aliphatic hydroxyl groups excluding tert-OH is 1. The van der Waals surface area contributed by atoms with E-state index in [-0.39, 0.29) is 19.1 Å². The summed E-state index contributed by atoms with van der Waals surface area (Å²) in [5.41, 5.74) is 0. The molecular weight excluding hydrogens is 250 g/mol. The fourth-order valence-electron chi connectivity index (χ4n) is 1.21. The Kier molecular flexibility index (Phi) is 7.11. The normalized spacial score (nSPS) is 9.67. The number of hydrogen-bond acceptors (Lipinski definition) is 4. The lowest BCUT2D eigenvalue weighted by Crippen LogP contribution is -2.26. The predicted octanol–water partition coefficient (Wildman–Crippen LogP) is 1.13. The summed E-state index contributed by atoms with van der Waals surface area (Å²) >= 11 is 1.50. The number of ether oxygens (including phenoxy) is 1. The van der Waals surface area contributed by atoms with E-state index in [1.807, 2.05) is 19.1 Å². The molecular formula is C13H17NO3S. The third-order valence-corrected chi connectivity index (χ3v) is 2.99. The van der Waals surface area contributed by atoms with Gasteiger partial charge in [-0.2, -0.15) is 0 Å². The van der Waals surface area contributed by atoms with Crippen LogP contribution in [0.4, 0.5) is 0 Å². The number of nitrogens with one attached hydrogen (secondary N) is 1. The molecule has 18 heavy (non-hydrogen) atoms. The molecule has 4 nitrogen and oxygen atoms in total. The van der Waals surface area contributed by atoms with Gasteiger partial charge >= 0.3 is 0 Å². The first-order valence-corrected chi connectivity index (χ1v) is 6.60. The molecule has 0 radical (unpaired) electrons. The van der Waals surface area contributed by atoms with Gasteiger partial charge in [-0.1, -0.05) is 18.8 Å². The first-order chi connectivity index (χ1) is 8.76. The number of hydrogen-bond donors (Lipinski definition) is 2. The van der Waals surface area contributed by atoms with Crippen molar-refractivity contribution in [2.24, 2.45) is 0 Å². The van der Waals surface area contributed by atoms with Gasteiger partial charge < -0.3 is 15.2 Å². The Hall–Kier alpha value is -1.35. The minimum absolute atomic E-state index is 0.108. The first-order valence-electron chi connectivity index (χ1n) is 5.79. The molecule has 0 atom stereocenters. The van der Waals surface area contributed by atoms with E-state index >= 15 is 0 Å². The van der Waals surface area contributed by atoms with Crippen LogP contribution in [0.2, 0.25) is 0 Å². The number of carbonyl (C=O) groups is 1. The van der Waals surface area contributed by atoms with Crippen LogP contribution in [0, 0.1) is 11.8 Å². The van der Waals surface area contributed by atoms with E-state index < -0.39 is 0 Å². The Morgan fingerprint density at radius 1 is 1.56 bits per heavy atom. The summed E-state index contributed by atoms with van der Waals surface area (Å²) in [7, 11) is 0. The van der Waals surface area contributed by atoms with Crippen molar-refractivity contribution in [3.8, 4) is 11.8 Å². The Balaban J connectivity index is 2.30. The number of rotatable bonds is 6. The molecule has 0 aromatic carbocycles. The van der Waals surface area contributed by atoms with E-state index in [1.54, 1.807) is 0 Å². The van der Waals surface area contributed by atoms with E-state index in [1.165, 1.54) is 11.3 Å². The number of carbonyl (C=O) groups excluding carboxylic acids is 1. The molecule has 0 aliphatic carbocycles. The van der Waals surface area contributed by atoms with Crippen LogP contribution in [-0.2, 0) is 16.1 Å². The molecule has 0 aliphatic rings. The Morgan fingerprint density at radius 3 is 3.11 bits per heavy atom. The maximum atomic E-state index is 11.4. The summed E-state index contributed by atoms with van der Waals surface area (Å²) in [6.07, 6.45) is 0.908. The summed E-state index contributed by atoms with van der Waals surface area (Å²) in [6, 6.07) is 3.79. The van der Waals surface area contributed by atoms with E-state index in [2.05, 4.69) is 17.2 Å². The van der Waals surface area contributed by atoms with Crippen LogP contribution in [0.3, 0.4) is 0 Å². The number of thiophene rings is 1. The maximum absolute atomic E-state index is 11.4. The van der Waals surface area contributed by atoms with Gasteiger partial charge in [0.2, 0.25) is 5.91 Å². The molecule has 1 amide bonds. The minimum atomic E-state index is -0.140. The second-order valence-electron chi connectivity index (χ2n) is 3.56. The minimum Gasteiger partial charge on any atom is -0.384 e. The lowest BCUT2D eigenvalue weighted by Gasteiger charge is -2.03. The molecule has 0 spiro atoms. The van der Waals surface area contributed by atoms with Crippen molar-refractivity contribution in [2.75, 3.05) is 19.8 Å². The highest BCUT2D eigenvalue weighted by Crippen LogP contribution is 2.14. The van der Waals surface area contributed by atoms with Crippen LogP contribution in [0.1, 0.15) is 23.1 Å². The topological polar surface area (TPSA) is 58.6 Å². The van der Waals surface area contributed by atoms with Gasteiger partial charge in [0.1, 0.15) is 13.2 Å². The van der Waals surface area contributed by atoms with Crippen LogP contribution >= 0.6 is 11.3 Å². The van der Waals surface area contributed by atoms with Crippen molar-refractivity contribution >= 4 is 17.2 Å². The average molecular weight is 267 g/mol. The summed E-state index contributed by atoms with van der Waals surface area (Å²) in [5, 5.41) is 11.3. The van der Waals surface area contributed by atoms with Crippen LogP contribution in [0.15, 0.2) is 12.1 Å². The zero-order valence-corrected chi connectivity index (χ0v) is 11.2. The second-order valence-corrected chi connectivity index (χ2v) is 4.72. The van der Waals surface area contributed by atoms with Crippen molar-refractivity contribution in [3.05, 3.63) is 21.9 Å². The molecule has 0 saturated carbocycles. The smallest absolute Gasteiger partial charge is 0.246 e. The van der Waals surface area contributed by atoms with Crippen molar-refractivity contribution in [1.29, 1.82) is 0 Å². The third kappa shape index (κ3) is 5.82. The van der Waals surface area contributed by atoms with Crippen LogP contribution in [0.25, 0.3) is 0 Å². The van der Waals surface area contributed by atoms with Gasteiger partial charge in [-0.25, -0.2) is 0 Å². The first kappa shape index (κ1) is 14.7.